The summed E-state index contributed by atoms with van der Waals surface area (Å²) in [7, 11) is 0. The molecule has 2 aromatic carbocycles. The molecule has 0 radical (unpaired) electrons. The summed E-state index contributed by atoms with van der Waals surface area (Å²) in [5.41, 5.74) is 5.11. The van der Waals surface area contributed by atoms with Crippen LogP contribution in [0.4, 0.5) is 0 Å². The van der Waals surface area contributed by atoms with Crippen molar-refractivity contribution in [1.29, 1.82) is 0 Å². The summed E-state index contributed by atoms with van der Waals surface area (Å²) in [5, 5.41) is 1.28. The van der Waals surface area contributed by atoms with Crippen molar-refractivity contribution in [2.24, 2.45) is 0 Å². The number of hydrogen-bond acceptors (Lipinski definition) is 0. The summed E-state index contributed by atoms with van der Waals surface area (Å²) in [5.74, 6) is 0. The van der Waals surface area contributed by atoms with Crippen LogP contribution < -0.4 is 0 Å². The Balaban J connectivity index is 2.27. The van der Waals surface area contributed by atoms with E-state index < -0.39 is 0 Å². The molecule has 0 saturated heterocycles. The molecule has 0 spiro atoms. The van der Waals surface area contributed by atoms with Crippen LogP contribution in [0, 0.1) is 13.8 Å². The highest BCUT2D eigenvalue weighted by Crippen LogP contribution is 2.21. The molecule has 0 aliphatic rings. The summed E-state index contributed by atoms with van der Waals surface area (Å²) in [6.45, 7) is 4.28. The second kappa shape index (κ2) is 3.77. The zero-order chi connectivity index (χ0) is 11.8. The molecule has 0 bridgehead atoms. The maximum absolute atomic E-state index is 2.25. The summed E-state index contributed by atoms with van der Waals surface area (Å²) in [4.78, 5) is 0. The quantitative estimate of drug-likeness (QED) is 0.579. The third-order valence-electron chi connectivity index (χ3n) is 3.08. The van der Waals surface area contributed by atoms with E-state index >= 15 is 0 Å². The zero-order valence-corrected chi connectivity index (χ0v) is 10.1. The monoisotopic (exact) mass is 221 g/mol. The van der Waals surface area contributed by atoms with Crippen LogP contribution >= 0.6 is 0 Å². The van der Waals surface area contributed by atoms with Crippen molar-refractivity contribution in [3.63, 3.8) is 0 Å². The lowest BCUT2D eigenvalue weighted by atomic mass is 10.1. The van der Waals surface area contributed by atoms with E-state index in [1.807, 2.05) is 0 Å². The van der Waals surface area contributed by atoms with Gasteiger partial charge in [0, 0.05) is 11.9 Å². The average Bonchev–Trinajstić information content (AvgIpc) is 2.71. The first-order valence-electron chi connectivity index (χ1n) is 5.89. The van der Waals surface area contributed by atoms with E-state index in [1.165, 1.54) is 27.7 Å². The van der Waals surface area contributed by atoms with Gasteiger partial charge in [-0.25, -0.2) is 0 Å². The molecular formula is C16H15N. The van der Waals surface area contributed by atoms with E-state index in [4.69, 9.17) is 0 Å². The van der Waals surface area contributed by atoms with Crippen LogP contribution in [0.25, 0.3) is 16.6 Å². The van der Waals surface area contributed by atoms with Crippen molar-refractivity contribution in [2.75, 3.05) is 0 Å². The van der Waals surface area contributed by atoms with Crippen LogP contribution in [0.3, 0.4) is 0 Å². The molecule has 0 N–H and O–H groups in total. The molecule has 1 nitrogen and oxygen atoms in total. The zero-order valence-electron chi connectivity index (χ0n) is 10.1. The number of hydrogen-bond donors (Lipinski definition) is 0. The number of fused-ring (bicyclic) bond motifs is 1. The largest absolute Gasteiger partial charge is 0.317 e. The van der Waals surface area contributed by atoms with Gasteiger partial charge in [0.2, 0.25) is 0 Å². The lowest BCUT2D eigenvalue weighted by molar-refractivity contribution is 1.11. The molecule has 3 rings (SSSR count). The summed E-state index contributed by atoms with van der Waals surface area (Å²) in [6, 6.07) is 17.3. The average molecular weight is 221 g/mol. The van der Waals surface area contributed by atoms with Gasteiger partial charge in [0.05, 0.1) is 5.52 Å². The molecule has 0 atom stereocenters. The van der Waals surface area contributed by atoms with E-state index in [0.29, 0.717) is 0 Å². The third kappa shape index (κ3) is 1.74. The maximum atomic E-state index is 2.25. The first kappa shape index (κ1) is 10.2. The Bertz CT molecular complexity index is 657. The molecule has 0 aliphatic heterocycles. The smallest absolute Gasteiger partial charge is 0.0528 e. The number of aryl methyl sites for hydroxylation is 2. The standard InChI is InChI=1S/C16H15N/c1-12-9-13(2)11-15(10-12)17-8-7-14-5-3-4-6-16(14)17/h3-11H,1-2H3. The number of rotatable bonds is 1. The molecule has 17 heavy (non-hydrogen) atoms. The van der Waals surface area contributed by atoms with Crippen molar-refractivity contribution in [3.8, 4) is 5.69 Å². The Kier molecular flexibility index (Phi) is 2.25. The Hall–Kier alpha value is -2.02. The SMILES string of the molecule is Cc1cc(C)cc(-n2ccc3ccccc32)c1. The van der Waals surface area contributed by atoms with Crippen LogP contribution in [0.1, 0.15) is 11.1 Å². The molecule has 0 aliphatic carbocycles. The third-order valence-corrected chi connectivity index (χ3v) is 3.08. The Morgan fingerprint density at radius 2 is 1.53 bits per heavy atom. The van der Waals surface area contributed by atoms with E-state index in [9.17, 15) is 0 Å². The van der Waals surface area contributed by atoms with Crippen molar-refractivity contribution in [3.05, 3.63) is 65.9 Å². The van der Waals surface area contributed by atoms with Crippen LogP contribution in [-0.2, 0) is 0 Å². The van der Waals surface area contributed by atoms with Crippen molar-refractivity contribution in [2.45, 2.75) is 13.8 Å². The minimum absolute atomic E-state index is 1.24. The van der Waals surface area contributed by atoms with Gasteiger partial charge in [-0.1, -0.05) is 24.3 Å². The second-order valence-corrected chi connectivity index (χ2v) is 4.59. The molecule has 3 aromatic rings. The number of benzene rings is 2. The van der Waals surface area contributed by atoms with E-state index in [2.05, 4.69) is 73.1 Å². The Labute approximate surface area is 101 Å². The minimum atomic E-state index is 1.24. The van der Waals surface area contributed by atoms with Gasteiger partial charge < -0.3 is 4.57 Å². The van der Waals surface area contributed by atoms with Gasteiger partial charge in [-0.2, -0.15) is 0 Å². The maximum Gasteiger partial charge on any atom is 0.0528 e. The van der Waals surface area contributed by atoms with Crippen molar-refractivity contribution < 1.29 is 0 Å². The van der Waals surface area contributed by atoms with Gasteiger partial charge in [0.1, 0.15) is 0 Å². The van der Waals surface area contributed by atoms with Crippen LogP contribution in [0.2, 0.25) is 0 Å². The van der Waals surface area contributed by atoms with Crippen LogP contribution in [-0.4, -0.2) is 4.57 Å². The first-order valence-corrected chi connectivity index (χ1v) is 5.89. The highest BCUT2D eigenvalue weighted by molar-refractivity contribution is 5.81. The molecule has 84 valence electrons. The van der Waals surface area contributed by atoms with E-state index in [1.54, 1.807) is 0 Å². The van der Waals surface area contributed by atoms with Crippen molar-refractivity contribution >= 4 is 10.9 Å². The van der Waals surface area contributed by atoms with Gasteiger partial charge in [0.25, 0.3) is 0 Å². The summed E-state index contributed by atoms with van der Waals surface area (Å²) < 4.78 is 2.25. The summed E-state index contributed by atoms with van der Waals surface area (Å²) in [6.07, 6.45) is 2.14. The van der Waals surface area contributed by atoms with Gasteiger partial charge in [-0.05, 0) is 54.6 Å². The molecule has 0 fully saturated rings. The van der Waals surface area contributed by atoms with Gasteiger partial charge in [-0.15, -0.1) is 0 Å². The predicted molar refractivity (Wildman–Crippen MR) is 72.7 cm³/mol. The molecule has 0 amide bonds. The highest BCUT2D eigenvalue weighted by Gasteiger charge is 2.03. The van der Waals surface area contributed by atoms with Gasteiger partial charge in [-0.3, -0.25) is 0 Å². The summed E-state index contributed by atoms with van der Waals surface area (Å²) >= 11 is 0. The molecular weight excluding hydrogens is 206 g/mol. The lowest BCUT2D eigenvalue weighted by Gasteiger charge is -2.08. The molecule has 1 aromatic heterocycles. The molecule has 0 saturated carbocycles. The predicted octanol–water partition coefficient (Wildman–Crippen LogP) is 4.25. The fourth-order valence-corrected chi connectivity index (χ4v) is 2.40. The van der Waals surface area contributed by atoms with Crippen LogP contribution in [0.15, 0.2) is 54.7 Å². The first-order chi connectivity index (χ1) is 8.24. The number of para-hydroxylation sites is 1. The topological polar surface area (TPSA) is 4.93 Å². The minimum Gasteiger partial charge on any atom is -0.317 e. The fourth-order valence-electron chi connectivity index (χ4n) is 2.40. The molecule has 0 unspecified atom stereocenters. The fraction of sp³-hybridized carbons (Fsp3) is 0.125. The normalized spacial score (nSPS) is 10.9. The van der Waals surface area contributed by atoms with Gasteiger partial charge in [0.15, 0.2) is 0 Å². The number of nitrogens with zero attached hydrogens (tertiary/aromatic N) is 1. The highest BCUT2D eigenvalue weighted by atomic mass is 15.0. The van der Waals surface area contributed by atoms with E-state index in [0.717, 1.165) is 0 Å². The second-order valence-electron chi connectivity index (χ2n) is 4.59. The lowest BCUT2D eigenvalue weighted by Crippen LogP contribution is -1.93. The van der Waals surface area contributed by atoms with Crippen molar-refractivity contribution in [1.82, 2.24) is 4.57 Å². The Morgan fingerprint density at radius 3 is 2.29 bits per heavy atom. The molecule has 1 heterocycles. The molecule has 1 heteroatoms. The Morgan fingerprint density at radius 1 is 0.824 bits per heavy atom. The number of aromatic nitrogens is 1. The van der Waals surface area contributed by atoms with Crippen LogP contribution in [0.5, 0.6) is 0 Å². The van der Waals surface area contributed by atoms with Gasteiger partial charge >= 0.3 is 0 Å². The van der Waals surface area contributed by atoms with E-state index in [-0.39, 0.29) is 0 Å².